The number of likely N-dealkylation sites (tertiary alicyclic amines) is 1. The molecular formula is C19H23N3O. The van der Waals surface area contributed by atoms with Gasteiger partial charge in [-0.2, -0.15) is 0 Å². The van der Waals surface area contributed by atoms with Crippen LogP contribution in [-0.4, -0.2) is 33.1 Å². The van der Waals surface area contributed by atoms with E-state index >= 15 is 0 Å². The molecule has 2 aromatic rings. The first-order valence-corrected chi connectivity index (χ1v) is 8.51. The molecule has 1 aliphatic carbocycles. The lowest BCUT2D eigenvalue weighted by Crippen LogP contribution is -2.57. The monoisotopic (exact) mass is 309 g/mol. The summed E-state index contributed by atoms with van der Waals surface area (Å²) in [7, 11) is 0. The average Bonchev–Trinajstić information content (AvgIpc) is 2.58. The van der Waals surface area contributed by atoms with Gasteiger partial charge in [0.1, 0.15) is 0 Å². The lowest BCUT2D eigenvalue weighted by Gasteiger charge is -2.53. The van der Waals surface area contributed by atoms with Gasteiger partial charge >= 0.3 is 0 Å². The normalized spacial score (nSPS) is 31.0. The van der Waals surface area contributed by atoms with Crippen LogP contribution in [0.1, 0.15) is 30.4 Å². The topological polar surface area (TPSA) is 49.3 Å². The fraction of sp³-hybridized carbons (Fsp3) is 0.474. The van der Waals surface area contributed by atoms with Gasteiger partial charge in [-0.1, -0.05) is 12.5 Å². The predicted molar refractivity (Wildman–Crippen MR) is 88.5 cm³/mol. The number of rotatable bonds is 3. The van der Waals surface area contributed by atoms with E-state index in [9.17, 15) is 5.11 Å². The molecular weight excluding hydrogens is 286 g/mol. The van der Waals surface area contributed by atoms with Gasteiger partial charge in [-0.3, -0.25) is 14.9 Å². The molecule has 0 aromatic carbocycles. The Hall–Kier alpha value is -1.78. The SMILES string of the molecule is OC1(c2cccnc2)[C@H]2CCC[C@H]1CN(Cc1ccncc1)C2. The summed E-state index contributed by atoms with van der Waals surface area (Å²) in [5.41, 5.74) is 1.59. The van der Waals surface area contributed by atoms with Gasteiger partial charge in [0.25, 0.3) is 0 Å². The van der Waals surface area contributed by atoms with E-state index in [-0.39, 0.29) is 0 Å². The number of hydrogen-bond donors (Lipinski definition) is 1. The fourth-order valence-electron chi connectivity index (χ4n) is 4.49. The molecule has 2 fully saturated rings. The highest BCUT2D eigenvalue weighted by Crippen LogP contribution is 2.49. The Morgan fingerprint density at radius 2 is 1.78 bits per heavy atom. The van der Waals surface area contributed by atoms with Crippen molar-refractivity contribution in [2.45, 2.75) is 31.4 Å². The van der Waals surface area contributed by atoms with Crippen molar-refractivity contribution in [2.24, 2.45) is 11.8 Å². The van der Waals surface area contributed by atoms with E-state index in [4.69, 9.17) is 0 Å². The molecule has 2 aliphatic rings. The number of hydrogen-bond acceptors (Lipinski definition) is 4. The third-order valence-electron chi connectivity index (χ3n) is 5.59. The summed E-state index contributed by atoms with van der Waals surface area (Å²) in [6.45, 7) is 2.84. The second-order valence-corrected chi connectivity index (χ2v) is 6.94. The van der Waals surface area contributed by atoms with Crippen LogP contribution in [-0.2, 0) is 12.1 Å². The van der Waals surface area contributed by atoms with Crippen molar-refractivity contribution in [1.29, 1.82) is 0 Å². The van der Waals surface area contributed by atoms with Gasteiger partial charge in [-0.15, -0.1) is 0 Å². The Morgan fingerprint density at radius 1 is 1.04 bits per heavy atom. The van der Waals surface area contributed by atoms with Crippen molar-refractivity contribution in [1.82, 2.24) is 14.9 Å². The van der Waals surface area contributed by atoms with E-state index in [1.807, 2.05) is 30.7 Å². The molecule has 2 bridgehead atoms. The molecule has 2 aromatic heterocycles. The van der Waals surface area contributed by atoms with Gasteiger partial charge < -0.3 is 5.11 Å². The van der Waals surface area contributed by atoms with Crippen molar-refractivity contribution in [3.8, 4) is 0 Å². The van der Waals surface area contributed by atoms with Crippen molar-refractivity contribution in [3.63, 3.8) is 0 Å². The van der Waals surface area contributed by atoms with E-state index in [1.165, 1.54) is 12.0 Å². The predicted octanol–water partition coefficient (Wildman–Crippen LogP) is 2.60. The first kappa shape index (κ1) is 14.8. The highest BCUT2D eigenvalue weighted by Gasteiger charge is 2.51. The first-order chi connectivity index (χ1) is 11.3. The van der Waals surface area contributed by atoms with Crippen molar-refractivity contribution >= 4 is 0 Å². The van der Waals surface area contributed by atoms with E-state index in [0.29, 0.717) is 11.8 Å². The minimum absolute atomic E-state index is 0.293. The Morgan fingerprint density at radius 3 is 2.43 bits per heavy atom. The Balaban J connectivity index is 1.57. The number of aliphatic hydroxyl groups is 1. The molecule has 23 heavy (non-hydrogen) atoms. The molecule has 1 saturated heterocycles. The number of piperidine rings is 1. The van der Waals surface area contributed by atoms with Gasteiger partial charge in [0.05, 0.1) is 5.60 Å². The molecule has 0 spiro atoms. The zero-order valence-electron chi connectivity index (χ0n) is 13.3. The largest absolute Gasteiger partial charge is 0.384 e. The van der Waals surface area contributed by atoms with Gasteiger partial charge in [0, 0.05) is 61.8 Å². The fourth-order valence-corrected chi connectivity index (χ4v) is 4.49. The van der Waals surface area contributed by atoms with Crippen LogP contribution in [0.2, 0.25) is 0 Å². The van der Waals surface area contributed by atoms with Crippen LogP contribution in [0.25, 0.3) is 0 Å². The Bertz CT molecular complexity index is 632. The van der Waals surface area contributed by atoms with Crippen LogP contribution in [0.5, 0.6) is 0 Å². The summed E-state index contributed by atoms with van der Waals surface area (Å²) < 4.78 is 0. The zero-order valence-corrected chi connectivity index (χ0v) is 13.3. The summed E-state index contributed by atoms with van der Waals surface area (Å²) in [6.07, 6.45) is 10.7. The smallest absolute Gasteiger partial charge is 0.0991 e. The van der Waals surface area contributed by atoms with Crippen molar-refractivity contribution in [3.05, 3.63) is 60.2 Å². The summed E-state index contributed by atoms with van der Waals surface area (Å²) in [6, 6.07) is 8.14. The van der Waals surface area contributed by atoms with E-state index in [2.05, 4.69) is 27.0 Å². The molecule has 4 nitrogen and oxygen atoms in total. The van der Waals surface area contributed by atoms with Gasteiger partial charge in [-0.25, -0.2) is 0 Å². The standard InChI is InChI=1S/C19H23N3O/c23-19(16-5-2-8-21-11-16)17-3-1-4-18(19)14-22(13-17)12-15-6-9-20-10-7-15/h2,5-11,17-18,23H,1,3-4,12-14H2/t17-,18-/m0/s1. The molecule has 120 valence electrons. The minimum atomic E-state index is -0.707. The molecule has 4 rings (SSSR count). The quantitative estimate of drug-likeness (QED) is 0.947. The van der Waals surface area contributed by atoms with Crippen LogP contribution < -0.4 is 0 Å². The highest BCUT2D eigenvalue weighted by molar-refractivity contribution is 5.24. The highest BCUT2D eigenvalue weighted by atomic mass is 16.3. The van der Waals surface area contributed by atoms with Crippen LogP contribution >= 0.6 is 0 Å². The Kier molecular flexibility index (Phi) is 3.87. The maximum Gasteiger partial charge on any atom is 0.0991 e. The third-order valence-corrected chi connectivity index (χ3v) is 5.59. The molecule has 3 heterocycles. The number of pyridine rings is 2. The number of fused-ring (bicyclic) bond motifs is 2. The maximum absolute atomic E-state index is 11.5. The average molecular weight is 309 g/mol. The first-order valence-electron chi connectivity index (χ1n) is 8.51. The molecule has 0 unspecified atom stereocenters. The number of nitrogens with zero attached hydrogens (tertiary/aromatic N) is 3. The van der Waals surface area contributed by atoms with Gasteiger partial charge in [0.2, 0.25) is 0 Å². The molecule has 2 atom stereocenters. The maximum atomic E-state index is 11.5. The molecule has 0 radical (unpaired) electrons. The van der Waals surface area contributed by atoms with Gasteiger partial charge in [0.15, 0.2) is 0 Å². The second-order valence-electron chi connectivity index (χ2n) is 6.94. The van der Waals surface area contributed by atoms with Crippen molar-refractivity contribution in [2.75, 3.05) is 13.1 Å². The molecule has 1 saturated carbocycles. The molecule has 4 heteroatoms. The Labute approximate surface area is 137 Å². The summed E-state index contributed by atoms with van der Waals surface area (Å²) in [4.78, 5) is 10.8. The zero-order chi connectivity index (χ0) is 15.7. The summed E-state index contributed by atoms with van der Waals surface area (Å²) in [5.74, 6) is 0.585. The lowest BCUT2D eigenvalue weighted by molar-refractivity contribution is -0.148. The minimum Gasteiger partial charge on any atom is -0.384 e. The molecule has 1 N–H and O–H groups in total. The van der Waals surface area contributed by atoms with E-state index in [1.54, 1.807) is 6.20 Å². The third kappa shape index (κ3) is 2.66. The number of aromatic nitrogens is 2. The molecule has 1 aliphatic heterocycles. The summed E-state index contributed by atoms with van der Waals surface area (Å²) in [5, 5.41) is 11.5. The van der Waals surface area contributed by atoms with E-state index < -0.39 is 5.60 Å². The lowest BCUT2D eigenvalue weighted by atomic mass is 9.63. The van der Waals surface area contributed by atoms with Crippen LogP contribution in [0.4, 0.5) is 0 Å². The van der Waals surface area contributed by atoms with E-state index in [0.717, 1.165) is 38.0 Å². The van der Waals surface area contributed by atoms with Crippen LogP contribution in [0.3, 0.4) is 0 Å². The second kappa shape index (κ2) is 6.02. The molecule has 0 amide bonds. The van der Waals surface area contributed by atoms with Crippen LogP contribution in [0.15, 0.2) is 49.1 Å². The van der Waals surface area contributed by atoms with Crippen molar-refractivity contribution < 1.29 is 5.11 Å². The van der Waals surface area contributed by atoms with Gasteiger partial charge in [-0.05, 0) is 36.6 Å². The summed E-state index contributed by atoms with van der Waals surface area (Å²) >= 11 is 0. The van der Waals surface area contributed by atoms with Crippen LogP contribution in [0, 0.1) is 11.8 Å².